The van der Waals surface area contributed by atoms with Gasteiger partial charge in [0.1, 0.15) is 11.9 Å². The van der Waals surface area contributed by atoms with Gasteiger partial charge in [-0.3, -0.25) is 14.7 Å². The number of H-pyrrole nitrogens is 1. The molecule has 1 saturated heterocycles. The lowest BCUT2D eigenvalue weighted by Gasteiger charge is -2.37. The van der Waals surface area contributed by atoms with Gasteiger partial charge in [0.05, 0.1) is 18.0 Å². The van der Waals surface area contributed by atoms with Crippen LogP contribution in [0, 0.1) is 18.3 Å². The molecule has 2 aliphatic rings. The Balaban J connectivity index is 1.51. The van der Waals surface area contributed by atoms with Gasteiger partial charge in [0.25, 0.3) is 5.91 Å². The summed E-state index contributed by atoms with van der Waals surface area (Å²) >= 11 is 0. The molecule has 2 amide bonds. The van der Waals surface area contributed by atoms with E-state index in [-0.39, 0.29) is 30.4 Å². The van der Waals surface area contributed by atoms with Crippen molar-refractivity contribution >= 4 is 17.5 Å². The Hall–Kier alpha value is -5.27. The number of hydrogen-bond acceptors (Lipinski definition) is 7. The molecule has 1 fully saturated rings. The predicted octanol–water partition coefficient (Wildman–Crippen LogP) is 5.33. The minimum Gasteiger partial charge on any atom is -0.378 e. The molecule has 1 aliphatic heterocycles. The van der Waals surface area contributed by atoms with E-state index in [0.717, 1.165) is 63.9 Å². The molecule has 0 saturated carbocycles. The number of rotatable bonds is 10. The highest BCUT2D eigenvalue weighted by molar-refractivity contribution is 5.94. The molecule has 10 heteroatoms. The molecule has 10 nitrogen and oxygen atoms in total. The third-order valence-corrected chi connectivity index (χ3v) is 10.5. The van der Waals surface area contributed by atoms with Crippen molar-refractivity contribution in [2.45, 2.75) is 63.5 Å². The molecule has 2 unspecified atom stereocenters. The molecule has 1 aliphatic carbocycles. The Labute approximate surface area is 301 Å². The third-order valence-electron chi connectivity index (χ3n) is 10.5. The van der Waals surface area contributed by atoms with E-state index in [1.54, 1.807) is 23.9 Å². The maximum atomic E-state index is 13.3. The molecule has 2 heterocycles. The van der Waals surface area contributed by atoms with E-state index in [1.165, 1.54) is 0 Å². The Morgan fingerprint density at radius 3 is 2.29 bits per heavy atom. The number of amides is 2. The van der Waals surface area contributed by atoms with Gasteiger partial charge in [-0.1, -0.05) is 54.6 Å². The number of nitrogens with one attached hydrogen (secondary N) is 2. The van der Waals surface area contributed by atoms with Crippen LogP contribution in [0.3, 0.4) is 0 Å². The summed E-state index contributed by atoms with van der Waals surface area (Å²) in [6, 6.07) is 22.5. The first-order valence-corrected chi connectivity index (χ1v) is 17.7. The van der Waals surface area contributed by atoms with Crippen molar-refractivity contribution in [2.75, 3.05) is 41.3 Å². The molecule has 0 bridgehead atoms. The summed E-state index contributed by atoms with van der Waals surface area (Å²) in [6.07, 6.45) is 3.57. The van der Waals surface area contributed by atoms with E-state index in [4.69, 9.17) is 10.1 Å². The summed E-state index contributed by atoms with van der Waals surface area (Å²) in [7, 11) is 7.52. The van der Waals surface area contributed by atoms with Crippen LogP contribution in [0.5, 0.6) is 0 Å². The first kappa shape index (κ1) is 35.6. The van der Waals surface area contributed by atoms with E-state index in [0.29, 0.717) is 36.6 Å². The van der Waals surface area contributed by atoms with Crippen LogP contribution in [0.4, 0.5) is 0 Å². The second-order valence-corrected chi connectivity index (χ2v) is 14.4. The fourth-order valence-corrected chi connectivity index (χ4v) is 7.63. The number of nitriles is 1. The molecule has 3 aromatic carbocycles. The number of carbonyl (C=O) groups is 2. The molecule has 3 atom stereocenters. The number of aromatic nitrogens is 3. The van der Waals surface area contributed by atoms with Gasteiger partial charge >= 0.3 is 0 Å². The van der Waals surface area contributed by atoms with Gasteiger partial charge in [0.15, 0.2) is 5.82 Å². The van der Waals surface area contributed by atoms with Gasteiger partial charge in [-0.15, -0.1) is 0 Å². The van der Waals surface area contributed by atoms with Gasteiger partial charge < -0.3 is 20.0 Å². The van der Waals surface area contributed by atoms with Crippen LogP contribution in [0.15, 0.2) is 67.2 Å². The summed E-state index contributed by atoms with van der Waals surface area (Å²) in [4.78, 5) is 37.1. The lowest BCUT2D eigenvalue weighted by Crippen LogP contribution is -2.45. The monoisotopic (exact) mass is 684 g/mol. The average Bonchev–Trinajstić information content (AvgIpc) is 3.80. The standard InChI is InChI=1S/C41H48N8O2/c1-26-10-12-29(13-11-26)38-44-40(46-45-38)41(23-27(2)43-25-37(50)49-20-8-9-34(49)24-42)35-18-16-30(28(3)47(4)5)21-31(35)14-15-32-22-33(17-19-36(32)41)39(51)48(6)7/h10-13,16-19,21-22,27,34,43H,3,8-9,14-15,20,23,25H2,1-2,4-7H3,(H,44,45,46)/t27-,34?,41?/m0/s1. The number of carbonyl (C=O) groups excluding carboxylic acids is 2. The van der Waals surface area contributed by atoms with E-state index in [1.807, 2.05) is 43.3 Å². The number of aromatic amines is 1. The van der Waals surface area contributed by atoms with Crippen molar-refractivity contribution in [2.24, 2.45) is 0 Å². The SMILES string of the molecule is C=C(c1ccc2c(c1)CCc1cc(C(=O)N(C)C)ccc1C2(C[C@H](C)NCC(=O)N1CCCC1C#N)c1nc(-c2ccc(C)cc2)n[nH]1)N(C)C. The highest BCUT2D eigenvalue weighted by Gasteiger charge is 2.45. The zero-order valence-electron chi connectivity index (χ0n) is 30.6. The largest absolute Gasteiger partial charge is 0.378 e. The smallest absolute Gasteiger partial charge is 0.253 e. The molecule has 1 aromatic heterocycles. The van der Waals surface area contributed by atoms with Gasteiger partial charge in [-0.05, 0) is 92.0 Å². The van der Waals surface area contributed by atoms with Gasteiger partial charge in [-0.2, -0.15) is 10.4 Å². The molecule has 264 valence electrons. The second-order valence-electron chi connectivity index (χ2n) is 14.4. The van der Waals surface area contributed by atoms with Crippen LogP contribution in [-0.4, -0.2) is 95.1 Å². The molecule has 4 aromatic rings. The van der Waals surface area contributed by atoms with Gasteiger partial charge in [0, 0.05) is 57.6 Å². The van der Waals surface area contributed by atoms with E-state index < -0.39 is 5.41 Å². The van der Waals surface area contributed by atoms with Crippen molar-refractivity contribution < 1.29 is 9.59 Å². The Morgan fingerprint density at radius 2 is 1.67 bits per heavy atom. The predicted molar refractivity (Wildman–Crippen MR) is 200 cm³/mol. The molecular formula is C41H48N8O2. The van der Waals surface area contributed by atoms with Gasteiger partial charge in [0.2, 0.25) is 5.91 Å². The molecular weight excluding hydrogens is 637 g/mol. The van der Waals surface area contributed by atoms with Crippen LogP contribution in [-0.2, 0) is 23.1 Å². The van der Waals surface area contributed by atoms with Crippen molar-refractivity contribution in [1.82, 2.24) is 35.2 Å². The third kappa shape index (κ3) is 6.91. The molecule has 2 N–H and O–H groups in total. The first-order chi connectivity index (χ1) is 24.4. The number of likely N-dealkylation sites (tertiary alicyclic amines) is 1. The van der Waals surface area contributed by atoms with Crippen LogP contribution < -0.4 is 5.32 Å². The number of benzene rings is 3. The van der Waals surface area contributed by atoms with E-state index in [2.05, 4.69) is 73.3 Å². The Morgan fingerprint density at radius 1 is 1.02 bits per heavy atom. The van der Waals surface area contributed by atoms with Crippen LogP contribution in [0.25, 0.3) is 17.1 Å². The average molecular weight is 685 g/mol. The number of hydrogen-bond donors (Lipinski definition) is 2. The topological polar surface area (TPSA) is 121 Å². The van der Waals surface area contributed by atoms with E-state index in [9.17, 15) is 14.9 Å². The number of nitrogens with zero attached hydrogens (tertiary/aromatic N) is 6. The van der Waals surface area contributed by atoms with Crippen molar-refractivity contribution in [1.29, 1.82) is 5.26 Å². The minimum atomic E-state index is -0.826. The maximum Gasteiger partial charge on any atom is 0.253 e. The normalized spacial score (nSPS) is 18.6. The summed E-state index contributed by atoms with van der Waals surface area (Å²) in [5.41, 5.74) is 8.19. The van der Waals surface area contributed by atoms with Gasteiger partial charge in [-0.25, -0.2) is 4.98 Å². The van der Waals surface area contributed by atoms with Crippen LogP contribution in [0.2, 0.25) is 0 Å². The van der Waals surface area contributed by atoms with Crippen molar-refractivity contribution in [3.05, 3.63) is 112 Å². The second kappa shape index (κ2) is 14.5. The van der Waals surface area contributed by atoms with Crippen molar-refractivity contribution in [3.8, 4) is 17.5 Å². The molecule has 6 rings (SSSR count). The first-order valence-electron chi connectivity index (χ1n) is 17.7. The molecule has 51 heavy (non-hydrogen) atoms. The zero-order chi connectivity index (χ0) is 36.4. The highest BCUT2D eigenvalue weighted by atomic mass is 16.2. The summed E-state index contributed by atoms with van der Waals surface area (Å²) < 4.78 is 0. The maximum absolute atomic E-state index is 13.3. The van der Waals surface area contributed by atoms with Crippen molar-refractivity contribution in [3.63, 3.8) is 0 Å². The molecule has 0 radical (unpaired) electrons. The number of aryl methyl sites for hydroxylation is 3. The minimum absolute atomic E-state index is 0.0535. The summed E-state index contributed by atoms with van der Waals surface area (Å²) in [6.45, 7) is 9.22. The Bertz CT molecular complexity index is 1920. The highest BCUT2D eigenvalue weighted by Crippen LogP contribution is 2.48. The summed E-state index contributed by atoms with van der Waals surface area (Å²) in [5.74, 6) is 1.17. The lowest BCUT2D eigenvalue weighted by molar-refractivity contribution is -0.130. The summed E-state index contributed by atoms with van der Waals surface area (Å²) in [5, 5.41) is 21.3. The Kier molecular flexibility index (Phi) is 10.1. The molecule has 0 spiro atoms. The lowest BCUT2D eigenvalue weighted by atomic mass is 9.67. The zero-order valence-corrected chi connectivity index (χ0v) is 30.6. The van der Waals surface area contributed by atoms with E-state index >= 15 is 0 Å². The van der Waals surface area contributed by atoms with Crippen LogP contribution in [0.1, 0.15) is 75.7 Å². The fourth-order valence-electron chi connectivity index (χ4n) is 7.63. The fraction of sp³-hybridized carbons (Fsp3) is 0.390. The number of fused-ring (bicyclic) bond motifs is 2. The quantitative estimate of drug-likeness (QED) is 0.232. The van der Waals surface area contributed by atoms with Crippen LogP contribution >= 0.6 is 0 Å².